The summed E-state index contributed by atoms with van der Waals surface area (Å²) in [4.78, 5) is 0. The molecule has 0 aliphatic rings. The number of hydrogen-bond donors (Lipinski definition) is 0. The van der Waals surface area contributed by atoms with Gasteiger partial charge in [0.2, 0.25) is 0 Å². The van der Waals surface area contributed by atoms with Crippen molar-refractivity contribution in [3.63, 3.8) is 0 Å². The predicted octanol–water partition coefficient (Wildman–Crippen LogP) is -0.208. The molecule has 0 spiro atoms. The van der Waals surface area contributed by atoms with Gasteiger partial charge in [0.1, 0.15) is 0 Å². The summed E-state index contributed by atoms with van der Waals surface area (Å²) in [6.07, 6.45) is 8.49. The molecule has 0 aromatic rings. The Bertz CT molecular complexity index is 58.6. The molecule has 0 aliphatic heterocycles. The summed E-state index contributed by atoms with van der Waals surface area (Å²) in [5, 5.41) is 0. The van der Waals surface area contributed by atoms with Gasteiger partial charge in [-0.3, -0.25) is 10.2 Å². The summed E-state index contributed by atoms with van der Waals surface area (Å²) in [5.74, 6) is 0. The van der Waals surface area contributed by atoms with Gasteiger partial charge in [-0.15, -0.1) is 0 Å². The first-order valence-electron chi connectivity index (χ1n) is 4.64. The third-order valence-electron chi connectivity index (χ3n) is 1.93. The largest absolute Gasteiger partial charge is 1.00 e. The van der Waals surface area contributed by atoms with Gasteiger partial charge in [0, 0.05) is 0 Å². The monoisotopic (exact) mass is 196 g/mol. The quantitative estimate of drug-likeness (QED) is 0.516. The molecule has 0 aliphatic carbocycles. The van der Waals surface area contributed by atoms with Crippen molar-refractivity contribution < 1.29 is 51.4 Å². The van der Waals surface area contributed by atoms with Crippen LogP contribution < -0.4 is 51.4 Å². The van der Waals surface area contributed by atoms with Gasteiger partial charge in [0.15, 0.2) is 0 Å². The van der Waals surface area contributed by atoms with Crippen LogP contribution in [0.1, 0.15) is 52.4 Å². The second-order valence-electron chi connectivity index (χ2n) is 3.15. The van der Waals surface area contributed by atoms with Gasteiger partial charge in [0.25, 0.3) is 0 Å². The Hall–Kier alpha value is 1.85. The third kappa shape index (κ3) is 11.9. The maximum absolute atomic E-state index is 2.27. The molecule has 0 rings (SSSR count). The van der Waals surface area contributed by atoms with Crippen LogP contribution in [0.4, 0.5) is 0 Å². The Morgan fingerprint density at radius 2 is 1.36 bits per heavy atom. The van der Waals surface area contributed by atoms with E-state index in [4.69, 9.17) is 0 Å². The van der Waals surface area contributed by atoms with E-state index in [9.17, 15) is 0 Å². The van der Waals surface area contributed by atoms with Crippen LogP contribution in [0.2, 0.25) is 5.54 Å². The second kappa shape index (κ2) is 11.9. The van der Waals surface area contributed by atoms with Crippen LogP contribution in [-0.2, 0) is 0 Å². The Morgan fingerprint density at radius 3 is 1.64 bits per heavy atom. The zero-order chi connectivity index (χ0) is 7.82. The van der Waals surface area contributed by atoms with Gasteiger partial charge < -0.3 is 0 Å². The van der Waals surface area contributed by atoms with E-state index < -0.39 is 0 Å². The number of rotatable bonds is 6. The van der Waals surface area contributed by atoms with E-state index in [1.54, 1.807) is 0 Å². The van der Waals surface area contributed by atoms with Crippen molar-refractivity contribution in [1.82, 2.24) is 0 Å². The average Bonchev–Trinajstić information content (AvgIpc) is 1.97. The van der Waals surface area contributed by atoms with Crippen molar-refractivity contribution in [2.75, 3.05) is 0 Å². The van der Waals surface area contributed by atoms with Gasteiger partial charge in [0.05, 0.1) is 0 Å². The fourth-order valence-electron chi connectivity index (χ4n) is 1.13. The van der Waals surface area contributed by atoms with Crippen LogP contribution in [0, 0.1) is 0 Å². The molecule has 0 aromatic heterocycles. The Kier molecular flexibility index (Phi) is 16.5. The van der Waals surface area contributed by atoms with Crippen molar-refractivity contribution >= 4 is 10.2 Å². The maximum Gasteiger partial charge on any atom is 1.00 e. The van der Waals surface area contributed by atoms with Crippen LogP contribution in [-0.4, -0.2) is 10.2 Å². The van der Waals surface area contributed by atoms with Gasteiger partial charge in [-0.05, 0) is 0 Å². The Labute approximate surface area is 118 Å². The van der Waals surface area contributed by atoms with Gasteiger partial charge in [-0.25, -0.2) is 0 Å². The topological polar surface area (TPSA) is 0 Å². The minimum atomic E-state index is 0. The van der Waals surface area contributed by atoms with Crippen molar-refractivity contribution in [3.05, 3.63) is 0 Å². The molecule has 11 heavy (non-hydrogen) atoms. The molecule has 0 amide bonds. The van der Waals surface area contributed by atoms with Crippen LogP contribution in [0.15, 0.2) is 0 Å². The van der Waals surface area contributed by atoms with Crippen molar-refractivity contribution in [2.45, 2.75) is 57.9 Å². The number of hydrogen-bond acceptors (Lipinski definition) is 0. The summed E-state index contributed by atoms with van der Waals surface area (Å²) in [5.41, 5.74) is 1.000. The molecule has 0 radical (unpaired) electrons. The van der Waals surface area contributed by atoms with Crippen molar-refractivity contribution in [2.24, 2.45) is 0 Å². The molecule has 2 heteroatoms. The molecule has 0 aromatic carbocycles. The van der Waals surface area contributed by atoms with Gasteiger partial charge in [-0.2, -0.15) is 5.54 Å². The summed E-state index contributed by atoms with van der Waals surface area (Å²) >= 11 is 0. The zero-order valence-electron chi connectivity index (χ0n) is 8.53. The molecule has 0 N–H and O–H groups in total. The second-order valence-corrected chi connectivity index (χ2v) is 4.31. The smallest absolute Gasteiger partial charge is 0.292 e. The molecule has 0 saturated carbocycles. The van der Waals surface area contributed by atoms with E-state index in [0.717, 1.165) is 5.54 Å². The van der Waals surface area contributed by atoms with Gasteiger partial charge >= 0.3 is 51.4 Å². The molecule has 62 valence electrons. The SMILES string of the molecule is CCCCC([SiH2-])CCCC.[K+]. The average molecular weight is 196 g/mol. The Morgan fingerprint density at radius 1 is 1.00 bits per heavy atom. The maximum atomic E-state index is 2.27. The molecule has 0 nitrogen and oxygen atoms in total. The first kappa shape index (κ1) is 15.3. The van der Waals surface area contributed by atoms with Crippen LogP contribution in [0.25, 0.3) is 0 Å². The molecule has 0 bridgehead atoms. The minimum Gasteiger partial charge on any atom is -0.292 e. The summed E-state index contributed by atoms with van der Waals surface area (Å²) in [7, 11) is 2.19. The zero-order valence-corrected chi connectivity index (χ0v) is 13.1. The van der Waals surface area contributed by atoms with E-state index in [1.807, 2.05) is 0 Å². The summed E-state index contributed by atoms with van der Waals surface area (Å²) in [6.45, 7) is 4.55. The van der Waals surface area contributed by atoms with Crippen LogP contribution in [0.3, 0.4) is 0 Å². The molecule has 0 unspecified atom stereocenters. The van der Waals surface area contributed by atoms with E-state index in [2.05, 4.69) is 24.1 Å². The van der Waals surface area contributed by atoms with Crippen molar-refractivity contribution in [3.8, 4) is 0 Å². The minimum absolute atomic E-state index is 0. The molecule has 0 saturated heterocycles. The summed E-state index contributed by atoms with van der Waals surface area (Å²) < 4.78 is 0. The van der Waals surface area contributed by atoms with Crippen LogP contribution >= 0.6 is 0 Å². The molecular weight excluding hydrogens is 175 g/mol. The fraction of sp³-hybridized carbons (Fsp3) is 1.00. The first-order chi connectivity index (χ1) is 4.81. The molecule has 0 atom stereocenters. The predicted molar refractivity (Wildman–Crippen MR) is 51.3 cm³/mol. The van der Waals surface area contributed by atoms with E-state index >= 15 is 0 Å². The van der Waals surface area contributed by atoms with E-state index in [-0.39, 0.29) is 51.4 Å². The fourth-order valence-corrected chi connectivity index (χ4v) is 1.71. The van der Waals surface area contributed by atoms with Crippen molar-refractivity contribution in [1.29, 1.82) is 0 Å². The van der Waals surface area contributed by atoms with Gasteiger partial charge in [-0.1, -0.05) is 52.4 Å². The Balaban J connectivity index is 0. The van der Waals surface area contributed by atoms with Crippen LogP contribution in [0.5, 0.6) is 0 Å². The third-order valence-corrected chi connectivity index (χ3v) is 2.75. The first-order valence-corrected chi connectivity index (χ1v) is 5.46. The molecule has 0 fully saturated rings. The summed E-state index contributed by atoms with van der Waals surface area (Å²) in [6, 6.07) is 0. The number of unbranched alkanes of at least 4 members (excludes halogenated alkanes) is 2. The molecular formula is C9H21KSi. The standard InChI is InChI=1S/C9H21Si.K/c1-3-5-7-9(10)8-6-4-2;/h9H,3-8,10H2,1-2H3;/q-1;+1. The van der Waals surface area contributed by atoms with E-state index in [1.165, 1.54) is 38.5 Å². The normalized spacial score (nSPS) is 9.82. The van der Waals surface area contributed by atoms with E-state index in [0.29, 0.717) is 0 Å². The molecule has 0 heterocycles.